The molecular formula is C13H14N4O4. The third kappa shape index (κ3) is 3.00. The van der Waals surface area contributed by atoms with Gasteiger partial charge >= 0.3 is 0 Å². The molecule has 1 aliphatic rings. The minimum Gasteiger partial charge on any atom is -0.505 e. The van der Waals surface area contributed by atoms with Crippen LogP contribution in [0.4, 0.5) is 0 Å². The summed E-state index contributed by atoms with van der Waals surface area (Å²) in [6, 6.07) is 2.94. The number of pyridine rings is 1. The van der Waals surface area contributed by atoms with E-state index >= 15 is 0 Å². The highest BCUT2D eigenvalue weighted by atomic mass is 16.5. The molecule has 0 radical (unpaired) electrons. The van der Waals surface area contributed by atoms with Crippen LogP contribution in [0.1, 0.15) is 41.1 Å². The predicted molar refractivity (Wildman–Crippen MR) is 69.3 cm³/mol. The van der Waals surface area contributed by atoms with Crippen LogP contribution in [0.3, 0.4) is 0 Å². The third-order valence-corrected chi connectivity index (χ3v) is 3.10. The van der Waals surface area contributed by atoms with Gasteiger partial charge in [0.15, 0.2) is 11.5 Å². The Morgan fingerprint density at radius 3 is 3.19 bits per heavy atom. The van der Waals surface area contributed by atoms with Crippen molar-refractivity contribution >= 4 is 5.91 Å². The van der Waals surface area contributed by atoms with Gasteiger partial charge in [-0.15, -0.1) is 0 Å². The Morgan fingerprint density at radius 1 is 1.52 bits per heavy atom. The van der Waals surface area contributed by atoms with E-state index in [-0.39, 0.29) is 24.1 Å². The molecule has 3 rings (SSSR count). The molecule has 2 aromatic rings. The number of nitrogens with zero attached hydrogens (tertiary/aromatic N) is 3. The second-order valence-electron chi connectivity index (χ2n) is 4.60. The molecule has 1 unspecified atom stereocenters. The summed E-state index contributed by atoms with van der Waals surface area (Å²) < 4.78 is 10.5. The lowest BCUT2D eigenvalue weighted by Crippen LogP contribution is -2.24. The van der Waals surface area contributed by atoms with E-state index in [0.717, 1.165) is 12.8 Å². The van der Waals surface area contributed by atoms with Crippen LogP contribution >= 0.6 is 0 Å². The first kappa shape index (κ1) is 13.5. The van der Waals surface area contributed by atoms with Gasteiger partial charge in [0, 0.05) is 12.8 Å². The molecule has 3 heterocycles. The van der Waals surface area contributed by atoms with Crippen molar-refractivity contribution in [3.63, 3.8) is 0 Å². The maximum atomic E-state index is 11.9. The molecular weight excluding hydrogens is 276 g/mol. The number of ether oxygens (including phenoxy) is 1. The van der Waals surface area contributed by atoms with E-state index in [4.69, 9.17) is 9.26 Å². The molecule has 0 spiro atoms. The van der Waals surface area contributed by atoms with Gasteiger partial charge < -0.3 is 19.7 Å². The minimum absolute atomic E-state index is 0.0413. The second-order valence-corrected chi connectivity index (χ2v) is 4.60. The van der Waals surface area contributed by atoms with Crippen LogP contribution in [0.15, 0.2) is 22.9 Å². The molecule has 1 fully saturated rings. The number of rotatable bonds is 4. The van der Waals surface area contributed by atoms with E-state index < -0.39 is 5.91 Å². The normalized spacial score (nSPS) is 17.8. The molecule has 1 atom stereocenters. The lowest BCUT2D eigenvalue weighted by Gasteiger charge is -2.03. The fourth-order valence-corrected chi connectivity index (χ4v) is 2.06. The van der Waals surface area contributed by atoms with E-state index in [9.17, 15) is 9.90 Å². The molecule has 2 aromatic heterocycles. The van der Waals surface area contributed by atoms with Crippen molar-refractivity contribution in [1.29, 1.82) is 0 Å². The second kappa shape index (κ2) is 5.88. The van der Waals surface area contributed by atoms with E-state index in [1.54, 1.807) is 6.07 Å². The summed E-state index contributed by atoms with van der Waals surface area (Å²) in [6.07, 6.45) is 3.11. The summed E-state index contributed by atoms with van der Waals surface area (Å²) in [7, 11) is 0. The van der Waals surface area contributed by atoms with Gasteiger partial charge in [0.25, 0.3) is 11.8 Å². The Balaban J connectivity index is 1.60. The topological polar surface area (TPSA) is 110 Å². The highest BCUT2D eigenvalue weighted by molar-refractivity contribution is 5.94. The summed E-state index contributed by atoms with van der Waals surface area (Å²) in [5, 5.41) is 15.9. The maximum Gasteiger partial charge on any atom is 0.274 e. The zero-order chi connectivity index (χ0) is 14.7. The van der Waals surface area contributed by atoms with Crippen LogP contribution in [0.5, 0.6) is 5.75 Å². The van der Waals surface area contributed by atoms with Crippen LogP contribution in [-0.2, 0) is 11.3 Å². The molecule has 21 heavy (non-hydrogen) atoms. The van der Waals surface area contributed by atoms with Gasteiger partial charge in [-0.3, -0.25) is 4.79 Å². The van der Waals surface area contributed by atoms with Crippen LogP contribution in [-0.4, -0.2) is 32.7 Å². The van der Waals surface area contributed by atoms with Crippen molar-refractivity contribution in [2.75, 3.05) is 6.61 Å². The van der Waals surface area contributed by atoms with Crippen LogP contribution in [0, 0.1) is 0 Å². The first-order valence-electron chi connectivity index (χ1n) is 6.60. The average molecular weight is 290 g/mol. The fraction of sp³-hybridized carbons (Fsp3) is 0.385. The van der Waals surface area contributed by atoms with E-state index in [1.807, 2.05) is 0 Å². The Hall–Kier alpha value is -2.48. The quantitative estimate of drug-likeness (QED) is 0.862. The summed E-state index contributed by atoms with van der Waals surface area (Å²) in [6.45, 7) is 0.781. The smallest absolute Gasteiger partial charge is 0.274 e. The summed E-state index contributed by atoms with van der Waals surface area (Å²) in [5.41, 5.74) is -0.0413. The maximum absolute atomic E-state index is 11.9. The van der Waals surface area contributed by atoms with Crippen molar-refractivity contribution in [3.8, 4) is 5.75 Å². The Labute approximate surface area is 120 Å². The minimum atomic E-state index is -0.503. The molecule has 0 aliphatic carbocycles. The van der Waals surface area contributed by atoms with Crippen molar-refractivity contribution in [1.82, 2.24) is 20.4 Å². The molecule has 110 valence electrons. The lowest BCUT2D eigenvalue weighted by molar-refractivity contribution is 0.0835. The van der Waals surface area contributed by atoms with Gasteiger partial charge in [-0.2, -0.15) is 4.98 Å². The largest absolute Gasteiger partial charge is 0.505 e. The van der Waals surface area contributed by atoms with Crippen molar-refractivity contribution < 1.29 is 19.2 Å². The first-order chi connectivity index (χ1) is 10.2. The summed E-state index contributed by atoms with van der Waals surface area (Å²) in [4.78, 5) is 19.8. The van der Waals surface area contributed by atoms with Crippen LogP contribution in [0.2, 0.25) is 0 Å². The van der Waals surface area contributed by atoms with E-state index in [2.05, 4.69) is 20.4 Å². The number of nitrogens with one attached hydrogen (secondary N) is 1. The number of aromatic hydroxyl groups is 1. The number of hydrogen-bond acceptors (Lipinski definition) is 7. The number of amides is 1. The van der Waals surface area contributed by atoms with Gasteiger partial charge in [0.05, 0.1) is 6.54 Å². The summed E-state index contributed by atoms with van der Waals surface area (Å²) >= 11 is 0. The highest BCUT2D eigenvalue weighted by Gasteiger charge is 2.24. The Bertz CT molecular complexity index is 637. The molecule has 1 saturated heterocycles. The molecule has 0 saturated carbocycles. The molecule has 2 N–H and O–H groups in total. The molecule has 0 aromatic carbocycles. The highest BCUT2D eigenvalue weighted by Crippen LogP contribution is 2.26. The van der Waals surface area contributed by atoms with Gasteiger partial charge in [-0.25, -0.2) is 4.98 Å². The number of hydrogen-bond donors (Lipinski definition) is 2. The molecule has 8 heteroatoms. The number of carbonyl (C=O) groups is 1. The Morgan fingerprint density at radius 2 is 2.43 bits per heavy atom. The zero-order valence-electron chi connectivity index (χ0n) is 11.2. The number of aromatic nitrogens is 3. The predicted octanol–water partition coefficient (Wildman–Crippen LogP) is 0.952. The fourth-order valence-electron chi connectivity index (χ4n) is 2.06. The molecule has 1 aliphatic heterocycles. The van der Waals surface area contributed by atoms with Gasteiger partial charge in [-0.1, -0.05) is 5.16 Å². The standard InChI is InChI=1S/C13H14N4O4/c18-8-3-1-5-14-11(8)12(19)15-7-10-16-13(21-17-10)9-4-2-6-20-9/h1,3,5,9,18H,2,4,6-7H2,(H,15,19). The number of carbonyl (C=O) groups excluding carboxylic acids is 1. The van der Waals surface area contributed by atoms with Crippen molar-refractivity contribution in [2.24, 2.45) is 0 Å². The third-order valence-electron chi connectivity index (χ3n) is 3.10. The monoisotopic (exact) mass is 290 g/mol. The summed E-state index contributed by atoms with van der Waals surface area (Å²) in [5.74, 6) is 0.0985. The SMILES string of the molecule is O=C(NCc1noc(C2CCCO2)n1)c1ncccc1O. The van der Waals surface area contributed by atoms with Gasteiger partial charge in [0.2, 0.25) is 0 Å². The lowest BCUT2D eigenvalue weighted by atomic mass is 10.2. The van der Waals surface area contributed by atoms with Crippen molar-refractivity contribution in [3.05, 3.63) is 35.7 Å². The molecule has 8 nitrogen and oxygen atoms in total. The van der Waals surface area contributed by atoms with Gasteiger partial charge in [-0.05, 0) is 25.0 Å². The van der Waals surface area contributed by atoms with Crippen LogP contribution < -0.4 is 5.32 Å². The van der Waals surface area contributed by atoms with Crippen LogP contribution in [0.25, 0.3) is 0 Å². The molecule has 0 bridgehead atoms. The van der Waals surface area contributed by atoms with E-state index in [1.165, 1.54) is 12.3 Å². The average Bonchev–Trinajstić information content (AvgIpc) is 3.16. The van der Waals surface area contributed by atoms with E-state index in [0.29, 0.717) is 18.3 Å². The first-order valence-corrected chi connectivity index (χ1v) is 6.60. The van der Waals surface area contributed by atoms with Crippen molar-refractivity contribution in [2.45, 2.75) is 25.5 Å². The Kier molecular flexibility index (Phi) is 3.78. The zero-order valence-corrected chi connectivity index (χ0v) is 11.2. The molecule has 1 amide bonds. The van der Waals surface area contributed by atoms with Gasteiger partial charge in [0.1, 0.15) is 11.9 Å².